The van der Waals surface area contributed by atoms with E-state index >= 15 is 0 Å². The molecule has 3 aromatic heterocycles. The van der Waals surface area contributed by atoms with Gasteiger partial charge in [0.1, 0.15) is 11.3 Å². The molecule has 0 unspecified atom stereocenters. The highest BCUT2D eigenvalue weighted by atomic mass is 19.4. The van der Waals surface area contributed by atoms with Gasteiger partial charge in [-0.05, 0) is 42.5 Å². The Kier molecular flexibility index (Phi) is 4.62. The molecule has 9 nitrogen and oxygen atoms in total. The summed E-state index contributed by atoms with van der Waals surface area (Å²) in [6.07, 6.45) is -3.06. The van der Waals surface area contributed by atoms with E-state index in [0.717, 1.165) is 12.1 Å². The predicted molar refractivity (Wildman–Crippen MR) is 112 cm³/mol. The van der Waals surface area contributed by atoms with Gasteiger partial charge >= 0.3 is 11.9 Å². The van der Waals surface area contributed by atoms with E-state index < -0.39 is 23.3 Å². The first-order chi connectivity index (χ1) is 15.8. The zero-order valence-electron chi connectivity index (χ0n) is 16.4. The number of halogens is 3. The molecule has 0 fully saturated rings. The topological polar surface area (TPSA) is 129 Å². The molecule has 4 N–H and O–H groups in total. The standard InChI is InChI=1S/C21H13F3N6O3/c22-21(23,24)10-1-6-14-13(9-10)16(30-29-14)19(31)26-11-2-4-12(5-3-11)33-15-7-8-25-18-17(15)27-20(32)28-18/h1-9H,(H,26,31)(H,29,30)(H2,25,27,28,32). The number of hydrogen-bond donors (Lipinski definition) is 4. The number of aromatic amines is 3. The summed E-state index contributed by atoms with van der Waals surface area (Å²) in [7, 11) is 0. The zero-order chi connectivity index (χ0) is 23.2. The lowest BCUT2D eigenvalue weighted by Gasteiger charge is -2.08. The summed E-state index contributed by atoms with van der Waals surface area (Å²) in [5, 5.41) is 9.06. The van der Waals surface area contributed by atoms with Crippen molar-refractivity contribution in [3.8, 4) is 11.5 Å². The van der Waals surface area contributed by atoms with Crippen LogP contribution < -0.4 is 15.7 Å². The lowest BCUT2D eigenvalue weighted by Crippen LogP contribution is -2.13. The normalized spacial score (nSPS) is 11.7. The Morgan fingerprint density at radius 1 is 1.03 bits per heavy atom. The van der Waals surface area contributed by atoms with Crippen LogP contribution in [0.3, 0.4) is 0 Å². The van der Waals surface area contributed by atoms with Gasteiger partial charge in [0.15, 0.2) is 17.1 Å². The van der Waals surface area contributed by atoms with Gasteiger partial charge in [0, 0.05) is 23.3 Å². The molecule has 2 aromatic carbocycles. The van der Waals surface area contributed by atoms with Crippen molar-refractivity contribution in [1.82, 2.24) is 25.1 Å². The Balaban J connectivity index is 1.35. The van der Waals surface area contributed by atoms with E-state index in [-0.39, 0.29) is 11.1 Å². The highest BCUT2D eigenvalue weighted by molar-refractivity contribution is 6.11. The number of carbonyl (C=O) groups excluding carboxylic acids is 1. The van der Waals surface area contributed by atoms with Crippen molar-refractivity contribution in [2.75, 3.05) is 5.32 Å². The quantitative estimate of drug-likeness (QED) is 0.324. The van der Waals surface area contributed by atoms with Gasteiger partial charge in [-0.1, -0.05) is 0 Å². The molecule has 0 bridgehead atoms. The van der Waals surface area contributed by atoms with Crippen LogP contribution in [0.4, 0.5) is 18.9 Å². The number of ether oxygens (including phenoxy) is 1. The summed E-state index contributed by atoms with van der Waals surface area (Å²) in [5.41, 5.74) is -0.00798. The van der Waals surface area contributed by atoms with Crippen molar-refractivity contribution in [1.29, 1.82) is 0 Å². The molecular formula is C21H13F3N6O3. The Hall–Kier alpha value is -4.61. The van der Waals surface area contributed by atoms with Crippen molar-refractivity contribution < 1.29 is 22.7 Å². The van der Waals surface area contributed by atoms with Crippen LogP contribution in [0.2, 0.25) is 0 Å². The predicted octanol–water partition coefficient (Wildman–Crippen LogP) is 4.19. The third kappa shape index (κ3) is 3.89. The first-order valence-electron chi connectivity index (χ1n) is 9.49. The molecule has 0 saturated carbocycles. The maximum absolute atomic E-state index is 13.0. The second kappa shape index (κ2) is 7.51. The lowest BCUT2D eigenvalue weighted by molar-refractivity contribution is -0.137. The number of benzene rings is 2. The first kappa shape index (κ1) is 20.3. The molecule has 1 amide bonds. The van der Waals surface area contributed by atoms with E-state index in [0.29, 0.717) is 33.9 Å². The van der Waals surface area contributed by atoms with Gasteiger partial charge in [-0.3, -0.25) is 14.9 Å². The smallest absolute Gasteiger partial charge is 0.416 e. The lowest BCUT2D eigenvalue weighted by atomic mass is 10.1. The SMILES string of the molecule is O=C(Nc1ccc(Oc2ccnc3[nH]c(=O)[nH]c23)cc1)c1n[nH]c2ccc(C(F)(F)F)cc12. The van der Waals surface area contributed by atoms with Gasteiger partial charge in [-0.15, -0.1) is 0 Å². The van der Waals surface area contributed by atoms with Crippen LogP contribution >= 0.6 is 0 Å². The van der Waals surface area contributed by atoms with Crippen molar-refractivity contribution >= 4 is 33.7 Å². The Morgan fingerprint density at radius 2 is 1.82 bits per heavy atom. The van der Waals surface area contributed by atoms with Crippen LogP contribution in [-0.2, 0) is 6.18 Å². The van der Waals surface area contributed by atoms with E-state index in [9.17, 15) is 22.8 Å². The Morgan fingerprint density at radius 3 is 2.58 bits per heavy atom. The monoisotopic (exact) mass is 454 g/mol. The number of aromatic nitrogens is 5. The van der Waals surface area contributed by atoms with Crippen molar-refractivity contribution in [2.24, 2.45) is 0 Å². The van der Waals surface area contributed by atoms with Crippen molar-refractivity contribution in [2.45, 2.75) is 6.18 Å². The fraction of sp³-hybridized carbons (Fsp3) is 0.0476. The minimum absolute atomic E-state index is 0.0597. The van der Waals surface area contributed by atoms with E-state index in [2.05, 4.69) is 30.5 Å². The third-order valence-electron chi connectivity index (χ3n) is 4.83. The number of carbonyl (C=O) groups is 1. The molecule has 0 atom stereocenters. The molecule has 5 aromatic rings. The Labute approximate surface area is 181 Å². The molecule has 166 valence electrons. The molecule has 3 heterocycles. The van der Waals surface area contributed by atoms with Crippen molar-refractivity contribution in [3.63, 3.8) is 0 Å². The molecule has 0 aliphatic carbocycles. The molecule has 0 radical (unpaired) electrons. The third-order valence-corrected chi connectivity index (χ3v) is 4.83. The largest absolute Gasteiger partial charge is 0.455 e. The number of imidazole rings is 1. The van der Waals surface area contributed by atoms with Gasteiger partial charge < -0.3 is 15.0 Å². The second-order valence-corrected chi connectivity index (χ2v) is 7.02. The summed E-state index contributed by atoms with van der Waals surface area (Å²) in [4.78, 5) is 33.3. The first-order valence-corrected chi connectivity index (χ1v) is 9.49. The molecule has 33 heavy (non-hydrogen) atoms. The maximum Gasteiger partial charge on any atom is 0.416 e. The fourth-order valence-corrected chi connectivity index (χ4v) is 3.28. The van der Waals surface area contributed by atoms with E-state index in [1.54, 1.807) is 30.3 Å². The van der Waals surface area contributed by atoms with Gasteiger partial charge in [-0.25, -0.2) is 9.78 Å². The number of H-pyrrole nitrogens is 3. The maximum atomic E-state index is 13.0. The van der Waals surface area contributed by atoms with E-state index in [1.165, 1.54) is 12.3 Å². The average Bonchev–Trinajstić information content (AvgIpc) is 3.37. The van der Waals surface area contributed by atoms with Crippen LogP contribution in [0.1, 0.15) is 16.1 Å². The highest BCUT2D eigenvalue weighted by Crippen LogP contribution is 2.32. The van der Waals surface area contributed by atoms with Gasteiger partial charge in [0.05, 0.1) is 11.1 Å². The van der Waals surface area contributed by atoms with Crippen LogP contribution in [0, 0.1) is 0 Å². The number of anilines is 1. The summed E-state index contributed by atoms with van der Waals surface area (Å²) in [5.74, 6) is 0.121. The number of nitrogens with zero attached hydrogens (tertiary/aromatic N) is 2. The number of nitrogens with one attached hydrogen (secondary N) is 4. The molecular weight excluding hydrogens is 441 g/mol. The highest BCUT2D eigenvalue weighted by Gasteiger charge is 2.31. The molecule has 0 aliphatic rings. The minimum Gasteiger partial charge on any atom is -0.455 e. The van der Waals surface area contributed by atoms with Gasteiger partial charge in [0.2, 0.25) is 0 Å². The average molecular weight is 454 g/mol. The van der Waals surface area contributed by atoms with Gasteiger partial charge in [0.25, 0.3) is 5.91 Å². The van der Waals surface area contributed by atoms with Crippen LogP contribution in [0.5, 0.6) is 11.5 Å². The molecule has 0 aliphatic heterocycles. The molecule has 5 rings (SSSR count). The number of amides is 1. The van der Waals surface area contributed by atoms with E-state index in [4.69, 9.17) is 4.74 Å². The Bertz CT molecular complexity index is 1550. The minimum atomic E-state index is -4.54. The number of pyridine rings is 1. The molecule has 0 saturated heterocycles. The summed E-state index contributed by atoms with van der Waals surface area (Å²) >= 11 is 0. The number of hydrogen-bond acceptors (Lipinski definition) is 5. The number of fused-ring (bicyclic) bond motifs is 2. The van der Waals surface area contributed by atoms with Crippen LogP contribution in [0.15, 0.2) is 59.5 Å². The second-order valence-electron chi connectivity index (χ2n) is 7.02. The fourth-order valence-electron chi connectivity index (χ4n) is 3.28. The van der Waals surface area contributed by atoms with Gasteiger partial charge in [-0.2, -0.15) is 18.3 Å². The summed E-state index contributed by atoms with van der Waals surface area (Å²) in [6, 6.07) is 10.9. The van der Waals surface area contributed by atoms with E-state index in [1.807, 2.05) is 0 Å². The molecule has 12 heteroatoms. The number of alkyl halides is 3. The number of rotatable bonds is 4. The summed E-state index contributed by atoms with van der Waals surface area (Å²) in [6.45, 7) is 0. The van der Waals surface area contributed by atoms with Crippen molar-refractivity contribution in [3.05, 3.63) is 76.5 Å². The van der Waals surface area contributed by atoms with Crippen LogP contribution in [0.25, 0.3) is 22.1 Å². The zero-order valence-corrected chi connectivity index (χ0v) is 16.4. The van der Waals surface area contributed by atoms with Crippen LogP contribution in [-0.4, -0.2) is 31.1 Å². The summed E-state index contributed by atoms with van der Waals surface area (Å²) < 4.78 is 44.8. The molecule has 0 spiro atoms.